The third-order valence-corrected chi connectivity index (χ3v) is 3.05. The first-order valence-corrected chi connectivity index (χ1v) is 7.12. The van der Waals surface area contributed by atoms with Crippen molar-refractivity contribution in [3.63, 3.8) is 0 Å². The van der Waals surface area contributed by atoms with Gasteiger partial charge in [0.05, 0.1) is 13.2 Å². The lowest BCUT2D eigenvalue weighted by molar-refractivity contribution is 0.295. The van der Waals surface area contributed by atoms with Crippen LogP contribution in [0.25, 0.3) is 11.1 Å². The van der Waals surface area contributed by atoms with Gasteiger partial charge < -0.3 is 9.47 Å². The largest absolute Gasteiger partial charge is 0.494 e. The van der Waals surface area contributed by atoms with Crippen molar-refractivity contribution in [2.24, 2.45) is 0 Å². The van der Waals surface area contributed by atoms with Crippen LogP contribution in [0.4, 0.5) is 13.2 Å². The molecule has 0 atom stereocenters. The molecule has 22 heavy (non-hydrogen) atoms. The van der Waals surface area contributed by atoms with Crippen molar-refractivity contribution in [2.75, 3.05) is 13.2 Å². The Bertz CT molecular complexity index is 657. The molecule has 0 unspecified atom stereocenters. The van der Waals surface area contributed by atoms with E-state index in [0.29, 0.717) is 18.8 Å². The summed E-state index contributed by atoms with van der Waals surface area (Å²) in [5.41, 5.74) is -0.177. The maximum atomic E-state index is 14.2. The fourth-order valence-corrected chi connectivity index (χ4v) is 2.03. The smallest absolute Gasteiger partial charge is 0.201 e. The highest BCUT2D eigenvalue weighted by molar-refractivity contribution is 5.66. The number of hydrogen-bond donors (Lipinski definition) is 0. The molecule has 0 bridgehead atoms. The Hall–Kier alpha value is -2.17. The molecule has 0 radical (unpaired) electrons. The molecule has 0 spiro atoms. The van der Waals surface area contributed by atoms with E-state index in [1.165, 1.54) is 24.3 Å². The van der Waals surface area contributed by atoms with Gasteiger partial charge in [-0.25, -0.2) is 8.78 Å². The van der Waals surface area contributed by atoms with Crippen LogP contribution < -0.4 is 9.47 Å². The van der Waals surface area contributed by atoms with Crippen LogP contribution in [0.3, 0.4) is 0 Å². The van der Waals surface area contributed by atoms with E-state index >= 15 is 0 Å². The summed E-state index contributed by atoms with van der Waals surface area (Å²) in [7, 11) is 0. The van der Waals surface area contributed by atoms with E-state index in [-0.39, 0.29) is 23.5 Å². The van der Waals surface area contributed by atoms with Crippen LogP contribution >= 0.6 is 0 Å². The van der Waals surface area contributed by atoms with Gasteiger partial charge in [-0.2, -0.15) is 4.39 Å². The molecule has 118 valence electrons. The topological polar surface area (TPSA) is 18.5 Å². The average Bonchev–Trinajstić information content (AvgIpc) is 2.50. The third-order valence-electron chi connectivity index (χ3n) is 3.05. The number of rotatable bonds is 6. The summed E-state index contributed by atoms with van der Waals surface area (Å²) >= 11 is 0. The SMILES string of the molecule is CCCOc1ccc(-c2ccc(OCC)cc2F)c(F)c1F. The van der Waals surface area contributed by atoms with Gasteiger partial charge in [0, 0.05) is 17.2 Å². The molecule has 0 aliphatic carbocycles. The molecule has 0 heterocycles. The van der Waals surface area contributed by atoms with Crippen molar-refractivity contribution in [3.05, 3.63) is 47.8 Å². The van der Waals surface area contributed by atoms with Crippen LogP contribution in [0.2, 0.25) is 0 Å². The average molecular weight is 310 g/mol. The van der Waals surface area contributed by atoms with E-state index in [9.17, 15) is 13.2 Å². The molecule has 0 N–H and O–H groups in total. The van der Waals surface area contributed by atoms with Crippen LogP contribution in [-0.2, 0) is 0 Å². The first-order chi connectivity index (χ1) is 10.6. The number of ether oxygens (including phenoxy) is 2. The van der Waals surface area contributed by atoms with Gasteiger partial charge in [0.25, 0.3) is 0 Å². The minimum atomic E-state index is -1.13. The maximum absolute atomic E-state index is 14.2. The molecule has 5 heteroatoms. The molecule has 0 aliphatic rings. The standard InChI is InChI=1S/C17H17F3O2/c1-3-9-22-15-8-7-13(16(19)17(15)20)12-6-5-11(21-4-2)10-14(12)18/h5-8,10H,3-4,9H2,1-2H3. The highest BCUT2D eigenvalue weighted by Crippen LogP contribution is 2.32. The molecule has 0 amide bonds. The van der Waals surface area contributed by atoms with Gasteiger partial charge in [0.15, 0.2) is 11.6 Å². The Morgan fingerprint density at radius 3 is 2.23 bits per heavy atom. The van der Waals surface area contributed by atoms with E-state index in [1.807, 2.05) is 6.92 Å². The lowest BCUT2D eigenvalue weighted by atomic mass is 10.0. The van der Waals surface area contributed by atoms with Gasteiger partial charge in [0.2, 0.25) is 5.82 Å². The monoisotopic (exact) mass is 310 g/mol. The lowest BCUT2D eigenvalue weighted by Gasteiger charge is -2.11. The Balaban J connectivity index is 2.39. The maximum Gasteiger partial charge on any atom is 0.201 e. The molecular weight excluding hydrogens is 293 g/mol. The summed E-state index contributed by atoms with van der Waals surface area (Å²) in [6, 6.07) is 6.64. The minimum absolute atomic E-state index is 0.0260. The third kappa shape index (κ3) is 3.35. The van der Waals surface area contributed by atoms with E-state index in [2.05, 4.69) is 0 Å². The van der Waals surface area contributed by atoms with Crippen LogP contribution in [0.15, 0.2) is 30.3 Å². The highest BCUT2D eigenvalue weighted by Gasteiger charge is 2.18. The quantitative estimate of drug-likeness (QED) is 0.751. The Morgan fingerprint density at radius 2 is 1.59 bits per heavy atom. The predicted molar refractivity (Wildman–Crippen MR) is 78.7 cm³/mol. The summed E-state index contributed by atoms with van der Waals surface area (Å²) < 4.78 is 52.5. The molecule has 0 saturated heterocycles. The van der Waals surface area contributed by atoms with Gasteiger partial charge >= 0.3 is 0 Å². The van der Waals surface area contributed by atoms with Crippen LogP contribution in [0, 0.1) is 17.5 Å². The zero-order chi connectivity index (χ0) is 16.1. The van der Waals surface area contributed by atoms with Crippen molar-refractivity contribution in [1.29, 1.82) is 0 Å². The summed E-state index contributed by atoms with van der Waals surface area (Å²) in [4.78, 5) is 0. The number of halogens is 3. The van der Waals surface area contributed by atoms with Crippen molar-refractivity contribution in [1.82, 2.24) is 0 Å². The van der Waals surface area contributed by atoms with Crippen molar-refractivity contribution in [2.45, 2.75) is 20.3 Å². The zero-order valence-electron chi connectivity index (χ0n) is 12.5. The molecule has 0 aliphatic heterocycles. The Kier molecular flexibility index (Phi) is 5.31. The van der Waals surface area contributed by atoms with Gasteiger partial charge in [-0.15, -0.1) is 0 Å². The normalized spacial score (nSPS) is 10.6. The fourth-order valence-electron chi connectivity index (χ4n) is 2.03. The number of benzene rings is 2. The summed E-state index contributed by atoms with van der Waals surface area (Å²) in [5.74, 6) is -2.75. The molecule has 2 aromatic carbocycles. The van der Waals surface area contributed by atoms with Crippen molar-refractivity contribution >= 4 is 0 Å². The first kappa shape index (κ1) is 16.2. The zero-order valence-corrected chi connectivity index (χ0v) is 12.5. The summed E-state index contributed by atoms with van der Waals surface area (Å²) in [6.45, 7) is 4.31. The molecule has 0 aromatic heterocycles. The summed E-state index contributed by atoms with van der Waals surface area (Å²) in [6.07, 6.45) is 0.677. The molecule has 2 nitrogen and oxygen atoms in total. The van der Waals surface area contributed by atoms with E-state index < -0.39 is 17.5 Å². The van der Waals surface area contributed by atoms with Crippen molar-refractivity contribution < 1.29 is 22.6 Å². The van der Waals surface area contributed by atoms with Gasteiger partial charge in [-0.1, -0.05) is 6.92 Å². The highest BCUT2D eigenvalue weighted by atomic mass is 19.2. The van der Waals surface area contributed by atoms with Crippen molar-refractivity contribution in [3.8, 4) is 22.6 Å². The van der Waals surface area contributed by atoms with Crippen LogP contribution in [0.5, 0.6) is 11.5 Å². The molecule has 0 saturated carbocycles. The Labute approximate surface area is 127 Å². The predicted octanol–water partition coefficient (Wildman–Crippen LogP) is 4.96. The van der Waals surface area contributed by atoms with Gasteiger partial charge in [0.1, 0.15) is 11.6 Å². The lowest BCUT2D eigenvalue weighted by Crippen LogP contribution is -2.01. The second-order valence-corrected chi connectivity index (χ2v) is 4.66. The fraction of sp³-hybridized carbons (Fsp3) is 0.294. The van der Waals surface area contributed by atoms with Crippen LogP contribution in [0.1, 0.15) is 20.3 Å². The minimum Gasteiger partial charge on any atom is -0.494 e. The van der Waals surface area contributed by atoms with Crippen LogP contribution in [-0.4, -0.2) is 13.2 Å². The Morgan fingerprint density at radius 1 is 0.864 bits per heavy atom. The first-order valence-electron chi connectivity index (χ1n) is 7.12. The molecular formula is C17H17F3O2. The molecule has 2 rings (SSSR count). The second kappa shape index (κ2) is 7.20. The number of hydrogen-bond acceptors (Lipinski definition) is 2. The van der Waals surface area contributed by atoms with E-state index in [0.717, 1.165) is 6.07 Å². The van der Waals surface area contributed by atoms with E-state index in [1.54, 1.807) is 6.92 Å². The van der Waals surface area contributed by atoms with Gasteiger partial charge in [-0.05, 0) is 37.6 Å². The van der Waals surface area contributed by atoms with Gasteiger partial charge in [-0.3, -0.25) is 0 Å². The molecule has 0 fully saturated rings. The second-order valence-electron chi connectivity index (χ2n) is 4.66. The molecule has 2 aromatic rings. The van der Waals surface area contributed by atoms with E-state index in [4.69, 9.17) is 9.47 Å². The summed E-state index contributed by atoms with van der Waals surface area (Å²) in [5, 5.41) is 0.